The molecule has 2 N–H and O–H groups in total. The monoisotopic (exact) mass is 408 g/mol. The quantitative estimate of drug-likeness (QED) is 0.732. The smallest absolute Gasteiger partial charge is 0.230 e. The van der Waals surface area contributed by atoms with Gasteiger partial charge in [0.2, 0.25) is 11.1 Å². The predicted octanol–water partition coefficient (Wildman–Crippen LogP) is 4.02. The van der Waals surface area contributed by atoms with E-state index in [1.807, 2.05) is 24.3 Å². The van der Waals surface area contributed by atoms with Crippen molar-refractivity contribution in [2.75, 3.05) is 5.75 Å². The number of hydrogen-bond donors (Lipinski definition) is 2. The molecule has 7 heteroatoms. The van der Waals surface area contributed by atoms with Crippen LogP contribution in [0.25, 0.3) is 11.4 Å². The van der Waals surface area contributed by atoms with E-state index < -0.39 is 0 Å². The number of amides is 1. The zero-order valence-electron chi connectivity index (χ0n) is 13.6. The molecule has 1 aromatic heterocycles. The van der Waals surface area contributed by atoms with Gasteiger partial charge < -0.3 is 5.32 Å². The third kappa shape index (κ3) is 4.39. The predicted molar refractivity (Wildman–Crippen MR) is 99.8 cm³/mol. The Hall–Kier alpha value is -1.34. The molecule has 0 radical (unpaired) electrons. The van der Waals surface area contributed by atoms with E-state index in [1.165, 1.54) is 31.0 Å². The molecule has 1 aliphatic rings. The lowest BCUT2D eigenvalue weighted by Gasteiger charge is -2.29. The van der Waals surface area contributed by atoms with Gasteiger partial charge in [-0.3, -0.25) is 9.89 Å². The summed E-state index contributed by atoms with van der Waals surface area (Å²) in [6.45, 7) is 2.22. The van der Waals surface area contributed by atoms with Crippen LogP contribution in [0.1, 0.15) is 32.6 Å². The highest BCUT2D eigenvalue weighted by Gasteiger charge is 2.22. The number of halogens is 1. The first-order valence-corrected chi connectivity index (χ1v) is 10.0. The van der Waals surface area contributed by atoms with Crippen LogP contribution >= 0.6 is 27.7 Å². The second-order valence-electron chi connectivity index (χ2n) is 6.17. The molecule has 3 rings (SSSR count). The van der Waals surface area contributed by atoms with E-state index in [1.54, 1.807) is 0 Å². The van der Waals surface area contributed by atoms with Crippen molar-refractivity contribution in [2.24, 2.45) is 5.92 Å². The normalized spacial score (nSPS) is 20.8. The fraction of sp³-hybridized carbons (Fsp3) is 0.471. The topological polar surface area (TPSA) is 70.7 Å². The molecule has 2 atom stereocenters. The fourth-order valence-electron chi connectivity index (χ4n) is 2.99. The Bertz CT molecular complexity index is 705. The van der Waals surface area contributed by atoms with Gasteiger partial charge in [-0.1, -0.05) is 65.7 Å². The maximum Gasteiger partial charge on any atom is 0.230 e. The van der Waals surface area contributed by atoms with Crippen molar-refractivity contribution in [1.29, 1.82) is 0 Å². The maximum atomic E-state index is 12.2. The van der Waals surface area contributed by atoms with Crippen LogP contribution in [0.2, 0.25) is 0 Å². The van der Waals surface area contributed by atoms with Gasteiger partial charge in [0.15, 0.2) is 5.82 Å². The first-order valence-electron chi connectivity index (χ1n) is 8.23. The molecule has 2 aromatic rings. The van der Waals surface area contributed by atoms with Crippen molar-refractivity contribution in [3.8, 4) is 11.4 Å². The third-order valence-corrected chi connectivity index (χ3v) is 5.92. The zero-order chi connectivity index (χ0) is 16.9. The Labute approximate surface area is 154 Å². The molecule has 1 amide bonds. The van der Waals surface area contributed by atoms with Gasteiger partial charge in [-0.2, -0.15) is 0 Å². The van der Waals surface area contributed by atoms with Gasteiger partial charge >= 0.3 is 0 Å². The fourth-order valence-corrected chi connectivity index (χ4v) is 4.08. The van der Waals surface area contributed by atoms with Gasteiger partial charge in [-0.05, 0) is 24.8 Å². The van der Waals surface area contributed by atoms with E-state index in [9.17, 15) is 4.79 Å². The van der Waals surface area contributed by atoms with Gasteiger partial charge in [0, 0.05) is 16.1 Å². The summed E-state index contributed by atoms with van der Waals surface area (Å²) in [5, 5.41) is 10.9. The molecule has 128 valence electrons. The Morgan fingerprint density at radius 2 is 2.17 bits per heavy atom. The van der Waals surface area contributed by atoms with Crippen LogP contribution in [-0.4, -0.2) is 32.9 Å². The largest absolute Gasteiger partial charge is 0.352 e. The SMILES string of the molecule is C[C@H]1CCCC[C@H]1NC(=O)CSc1n[nH]c(-c2ccccc2Br)n1. The first-order chi connectivity index (χ1) is 11.6. The molecular weight excluding hydrogens is 388 g/mol. The summed E-state index contributed by atoms with van der Waals surface area (Å²) in [6, 6.07) is 8.15. The summed E-state index contributed by atoms with van der Waals surface area (Å²) in [7, 11) is 0. The molecule has 1 aromatic carbocycles. The lowest BCUT2D eigenvalue weighted by atomic mass is 9.86. The standard InChI is InChI=1S/C17H21BrN4OS/c1-11-6-2-5-9-14(11)19-15(23)10-24-17-20-16(21-22-17)12-7-3-4-8-13(12)18/h3-4,7-8,11,14H,2,5-6,9-10H2,1H3,(H,19,23)(H,20,21,22)/t11-,14+/m0/s1. The van der Waals surface area contributed by atoms with E-state index in [2.05, 4.69) is 43.4 Å². The maximum absolute atomic E-state index is 12.2. The van der Waals surface area contributed by atoms with Crippen molar-refractivity contribution in [2.45, 2.75) is 43.8 Å². The number of carbonyl (C=O) groups excluding carboxylic acids is 1. The average Bonchev–Trinajstić information content (AvgIpc) is 3.04. The number of benzene rings is 1. The summed E-state index contributed by atoms with van der Waals surface area (Å²) < 4.78 is 0.960. The van der Waals surface area contributed by atoms with Crippen molar-refractivity contribution in [3.63, 3.8) is 0 Å². The number of carbonyl (C=O) groups is 1. The lowest BCUT2D eigenvalue weighted by Crippen LogP contribution is -2.41. The highest BCUT2D eigenvalue weighted by atomic mass is 79.9. The number of rotatable bonds is 5. The summed E-state index contributed by atoms with van der Waals surface area (Å²) in [5.74, 6) is 1.67. The summed E-state index contributed by atoms with van der Waals surface area (Å²) in [4.78, 5) is 16.6. The second kappa shape index (κ2) is 8.16. The van der Waals surface area contributed by atoms with Crippen LogP contribution in [0.4, 0.5) is 0 Å². The van der Waals surface area contributed by atoms with E-state index in [0.717, 1.165) is 16.5 Å². The Morgan fingerprint density at radius 1 is 1.38 bits per heavy atom. The van der Waals surface area contributed by atoms with Crippen LogP contribution in [0.3, 0.4) is 0 Å². The van der Waals surface area contributed by atoms with E-state index in [4.69, 9.17) is 0 Å². The molecule has 0 unspecified atom stereocenters. The molecule has 5 nitrogen and oxygen atoms in total. The van der Waals surface area contributed by atoms with Crippen molar-refractivity contribution >= 4 is 33.6 Å². The van der Waals surface area contributed by atoms with Gasteiger partial charge in [0.05, 0.1) is 5.75 Å². The second-order valence-corrected chi connectivity index (χ2v) is 7.97. The number of aromatic amines is 1. The van der Waals surface area contributed by atoms with Gasteiger partial charge in [-0.25, -0.2) is 4.98 Å². The Balaban J connectivity index is 1.54. The molecule has 1 fully saturated rings. The van der Waals surface area contributed by atoms with Crippen LogP contribution in [0, 0.1) is 5.92 Å². The molecule has 1 saturated carbocycles. The summed E-state index contributed by atoms with van der Waals surface area (Å²) >= 11 is 4.87. The minimum Gasteiger partial charge on any atom is -0.352 e. The first kappa shape index (κ1) is 17.5. The van der Waals surface area contributed by atoms with E-state index in [-0.39, 0.29) is 5.91 Å². The number of H-pyrrole nitrogens is 1. The molecule has 0 aliphatic heterocycles. The Kier molecular flexibility index (Phi) is 5.94. The number of aromatic nitrogens is 3. The summed E-state index contributed by atoms with van der Waals surface area (Å²) in [5.41, 5.74) is 0.956. The highest BCUT2D eigenvalue weighted by Crippen LogP contribution is 2.27. The van der Waals surface area contributed by atoms with Crippen molar-refractivity contribution in [3.05, 3.63) is 28.7 Å². The number of nitrogens with one attached hydrogen (secondary N) is 2. The molecule has 0 bridgehead atoms. The zero-order valence-corrected chi connectivity index (χ0v) is 16.0. The van der Waals surface area contributed by atoms with E-state index in [0.29, 0.717) is 28.7 Å². The minimum absolute atomic E-state index is 0.0611. The van der Waals surface area contributed by atoms with Crippen molar-refractivity contribution < 1.29 is 4.79 Å². The molecule has 1 aliphatic carbocycles. The molecule has 24 heavy (non-hydrogen) atoms. The summed E-state index contributed by atoms with van der Waals surface area (Å²) in [6.07, 6.45) is 4.77. The molecule has 1 heterocycles. The van der Waals surface area contributed by atoms with Crippen LogP contribution in [-0.2, 0) is 4.79 Å². The minimum atomic E-state index is 0.0611. The van der Waals surface area contributed by atoms with Crippen LogP contribution in [0.5, 0.6) is 0 Å². The molecule has 0 spiro atoms. The number of hydrogen-bond acceptors (Lipinski definition) is 4. The van der Waals surface area contributed by atoms with Crippen LogP contribution in [0.15, 0.2) is 33.9 Å². The average molecular weight is 409 g/mol. The van der Waals surface area contributed by atoms with Gasteiger partial charge in [0.1, 0.15) is 0 Å². The highest BCUT2D eigenvalue weighted by molar-refractivity contribution is 9.10. The lowest BCUT2D eigenvalue weighted by molar-refractivity contribution is -0.119. The molecular formula is C17H21BrN4OS. The van der Waals surface area contributed by atoms with E-state index >= 15 is 0 Å². The third-order valence-electron chi connectivity index (χ3n) is 4.38. The van der Waals surface area contributed by atoms with Gasteiger partial charge in [-0.15, -0.1) is 5.10 Å². The van der Waals surface area contributed by atoms with Crippen LogP contribution < -0.4 is 5.32 Å². The molecule has 0 saturated heterocycles. The van der Waals surface area contributed by atoms with Crippen molar-refractivity contribution in [1.82, 2.24) is 20.5 Å². The number of nitrogens with zero attached hydrogens (tertiary/aromatic N) is 2. The Morgan fingerprint density at radius 3 is 2.96 bits per heavy atom. The number of thioether (sulfide) groups is 1. The van der Waals surface area contributed by atoms with Gasteiger partial charge in [0.25, 0.3) is 0 Å².